The molecule has 2 aromatic heterocycles. The van der Waals surface area contributed by atoms with Crippen LogP contribution in [0.1, 0.15) is 93.8 Å². The molecule has 1 fully saturated rings. The number of halogens is 2. The van der Waals surface area contributed by atoms with Gasteiger partial charge in [-0.3, -0.25) is 29.3 Å². The molecule has 7 rings (SSSR count). The Kier molecular flexibility index (Phi) is 13.8. The Labute approximate surface area is 359 Å². The number of aromatic nitrogens is 3. The molecule has 4 aromatic rings. The van der Waals surface area contributed by atoms with E-state index in [-0.39, 0.29) is 29.3 Å². The molecule has 0 saturated carbocycles. The number of piperidine rings is 1. The van der Waals surface area contributed by atoms with E-state index in [0.717, 1.165) is 77.9 Å². The number of nitrogens with zero attached hydrogens (tertiary/aromatic N) is 6. The van der Waals surface area contributed by atoms with Crippen LogP contribution in [-0.2, 0) is 29.0 Å². The van der Waals surface area contributed by atoms with Gasteiger partial charge >= 0.3 is 0 Å². The SMILES string of the molecule is CN/C=C(\C=N)c1cc2c(cc1C(F)F)N(c1nn(C3CCN(CC(=O)NCCCNc4ccc(C(=O)Nc5ncc(C)s5)c(C)c4)CC3)c3c1CN(C(C)=O)CC3)CCC2. The maximum absolute atomic E-state index is 14.6. The third-order valence-electron chi connectivity index (χ3n) is 11.7. The van der Waals surface area contributed by atoms with Gasteiger partial charge < -0.3 is 31.2 Å². The molecule has 324 valence electrons. The molecule has 1 saturated heterocycles. The first-order valence-corrected chi connectivity index (χ1v) is 21.8. The number of nitrogens with one attached hydrogen (secondary N) is 5. The first kappa shape index (κ1) is 43.4. The average molecular weight is 856 g/mol. The van der Waals surface area contributed by atoms with Crippen LogP contribution in [0.4, 0.5) is 31.1 Å². The van der Waals surface area contributed by atoms with E-state index in [4.69, 9.17) is 10.5 Å². The van der Waals surface area contributed by atoms with E-state index in [2.05, 4.69) is 40.7 Å². The number of hydrogen-bond acceptors (Lipinski definition) is 11. The highest BCUT2D eigenvalue weighted by atomic mass is 32.1. The zero-order chi connectivity index (χ0) is 43.2. The molecule has 0 atom stereocenters. The van der Waals surface area contributed by atoms with Crippen molar-refractivity contribution in [2.45, 2.75) is 78.3 Å². The lowest BCUT2D eigenvalue weighted by atomic mass is 9.92. The van der Waals surface area contributed by atoms with Crippen molar-refractivity contribution >= 4 is 63.2 Å². The lowest BCUT2D eigenvalue weighted by Gasteiger charge is -2.33. The topological polar surface area (TPSA) is 164 Å². The van der Waals surface area contributed by atoms with Crippen LogP contribution in [0.3, 0.4) is 0 Å². The Morgan fingerprint density at radius 1 is 1.03 bits per heavy atom. The largest absolute Gasteiger partial charge is 0.393 e. The van der Waals surface area contributed by atoms with E-state index >= 15 is 0 Å². The normalized spacial score (nSPS) is 16.0. The van der Waals surface area contributed by atoms with Crippen LogP contribution in [0.5, 0.6) is 0 Å². The third-order valence-corrected chi connectivity index (χ3v) is 12.6. The molecule has 3 aliphatic heterocycles. The number of aryl methyl sites for hydroxylation is 3. The van der Waals surface area contributed by atoms with Crippen LogP contribution in [-0.4, -0.2) is 101 Å². The monoisotopic (exact) mass is 855 g/mol. The van der Waals surface area contributed by atoms with E-state index in [1.807, 2.05) is 30.9 Å². The standard InChI is InChI=1S/C44H55F2N11O3S/c1-27-19-32(8-9-34(27)43(60)52-44-51-23-28(2)61-44)49-13-6-14-50-40(59)26-54-16-10-33(11-17-54)57-38-12-18-55(29(3)58)25-37(38)42(53-57)56-15-5-7-30-20-35(31(22-47)24-48-4)36(41(45)46)21-39(30)56/h8-9,19-24,33,41,47-49H,5-7,10-18,25-26H2,1-4H3,(H,50,59)(H,51,52,60)/b31-24+,47-22?. The molecule has 0 unspecified atom stereocenters. The van der Waals surface area contributed by atoms with E-state index in [1.165, 1.54) is 11.3 Å². The van der Waals surface area contributed by atoms with Crippen molar-refractivity contribution in [1.29, 1.82) is 5.41 Å². The minimum atomic E-state index is -2.74. The average Bonchev–Trinajstić information content (AvgIpc) is 3.84. The van der Waals surface area contributed by atoms with Crippen LogP contribution in [0.15, 0.2) is 42.7 Å². The summed E-state index contributed by atoms with van der Waals surface area (Å²) in [5.41, 5.74) is 6.59. The van der Waals surface area contributed by atoms with E-state index in [0.29, 0.717) is 85.4 Å². The van der Waals surface area contributed by atoms with Gasteiger partial charge in [0.05, 0.1) is 19.1 Å². The van der Waals surface area contributed by atoms with Gasteiger partial charge in [-0.2, -0.15) is 5.10 Å². The van der Waals surface area contributed by atoms with Crippen molar-refractivity contribution in [2.75, 3.05) is 68.4 Å². The van der Waals surface area contributed by atoms with Gasteiger partial charge in [-0.15, -0.1) is 11.3 Å². The highest BCUT2D eigenvalue weighted by molar-refractivity contribution is 7.15. The van der Waals surface area contributed by atoms with Gasteiger partial charge in [0.25, 0.3) is 12.3 Å². The van der Waals surface area contributed by atoms with Crippen LogP contribution >= 0.6 is 11.3 Å². The van der Waals surface area contributed by atoms with Crippen molar-refractivity contribution in [2.24, 2.45) is 0 Å². The summed E-state index contributed by atoms with van der Waals surface area (Å²) in [5.74, 6) is 0.481. The number of hydrogen-bond donors (Lipinski definition) is 5. The molecule has 0 radical (unpaired) electrons. The van der Waals surface area contributed by atoms with Crippen molar-refractivity contribution in [1.82, 2.24) is 35.2 Å². The number of amides is 3. The molecule has 5 N–H and O–H groups in total. The van der Waals surface area contributed by atoms with Gasteiger partial charge in [-0.05, 0) is 93.0 Å². The van der Waals surface area contributed by atoms with Crippen LogP contribution < -0.4 is 26.2 Å². The van der Waals surface area contributed by atoms with Gasteiger partial charge in [-0.1, -0.05) is 0 Å². The summed E-state index contributed by atoms with van der Waals surface area (Å²) in [5, 5.41) is 25.9. The zero-order valence-electron chi connectivity index (χ0n) is 35.2. The number of fused-ring (bicyclic) bond motifs is 2. The van der Waals surface area contributed by atoms with Crippen molar-refractivity contribution in [3.8, 4) is 0 Å². The highest BCUT2D eigenvalue weighted by Crippen LogP contribution is 2.43. The summed E-state index contributed by atoms with van der Waals surface area (Å²) >= 11 is 1.43. The number of allylic oxidation sites excluding steroid dienone is 1. The van der Waals surface area contributed by atoms with Crippen LogP contribution in [0, 0.1) is 19.3 Å². The fraction of sp³-hybridized carbons (Fsp3) is 0.455. The Morgan fingerprint density at radius 2 is 1.84 bits per heavy atom. The lowest BCUT2D eigenvalue weighted by Crippen LogP contribution is -2.42. The van der Waals surface area contributed by atoms with E-state index < -0.39 is 6.43 Å². The van der Waals surface area contributed by atoms with Crippen molar-refractivity contribution in [3.63, 3.8) is 0 Å². The summed E-state index contributed by atoms with van der Waals surface area (Å²) < 4.78 is 31.4. The summed E-state index contributed by atoms with van der Waals surface area (Å²) in [6, 6.07) is 9.08. The van der Waals surface area contributed by atoms with Crippen molar-refractivity contribution < 1.29 is 23.2 Å². The number of benzene rings is 2. The summed E-state index contributed by atoms with van der Waals surface area (Å²) in [6.07, 6.45) is 6.13. The summed E-state index contributed by atoms with van der Waals surface area (Å²) in [7, 11) is 1.68. The molecule has 5 heterocycles. The third kappa shape index (κ3) is 9.94. The first-order chi connectivity index (χ1) is 29.4. The number of alkyl halides is 2. The van der Waals surface area contributed by atoms with Crippen LogP contribution in [0.2, 0.25) is 0 Å². The Morgan fingerprint density at radius 3 is 2.52 bits per heavy atom. The summed E-state index contributed by atoms with van der Waals surface area (Å²) in [6.45, 7) is 9.96. The number of carbonyl (C=O) groups is 3. The van der Waals surface area contributed by atoms with Gasteiger partial charge in [-0.25, -0.2) is 13.8 Å². The van der Waals surface area contributed by atoms with Gasteiger partial charge in [0.15, 0.2) is 10.9 Å². The van der Waals surface area contributed by atoms with E-state index in [9.17, 15) is 23.2 Å². The predicted octanol–water partition coefficient (Wildman–Crippen LogP) is 6.60. The second-order valence-electron chi connectivity index (χ2n) is 15.9. The molecule has 14 nitrogen and oxygen atoms in total. The number of rotatable bonds is 15. The summed E-state index contributed by atoms with van der Waals surface area (Å²) in [4.78, 5) is 49.6. The molecule has 61 heavy (non-hydrogen) atoms. The molecule has 3 amide bonds. The number of likely N-dealkylation sites (tertiary alicyclic amines) is 1. The molecule has 2 aromatic carbocycles. The number of thiazole rings is 1. The smallest absolute Gasteiger partial charge is 0.264 e. The number of anilines is 4. The van der Waals surface area contributed by atoms with Crippen LogP contribution in [0.25, 0.3) is 5.57 Å². The quantitative estimate of drug-likeness (QED) is 0.0655. The highest BCUT2D eigenvalue weighted by Gasteiger charge is 2.35. The Balaban J connectivity index is 0.948. The fourth-order valence-electron chi connectivity index (χ4n) is 8.60. The second kappa shape index (κ2) is 19.4. The minimum absolute atomic E-state index is 0.0164. The van der Waals surface area contributed by atoms with Gasteiger partial charge in [0, 0.05) is 122 Å². The fourth-order valence-corrected chi connectivity index (χ4v) is 9.26. The van der Waals surface area contributed by atoms with Crippen molar-refractivity contribution in [3.05, 3.63) is 86.7 Å². The molecule has 3 aliphatic rings. The maximum Gasteiger partial charge on any atom is 0.264 e. The Bertz CT molecular complexity index is 2300. The second-order valence-corrected chi connectivity index (χ2v) is 17.2. The molecule has 0 spiro atoms. The molecular weight excluding hydrogens is 801 g/mol. The lowest BCUT2D eigenvalue weighted by molar-refractivity contribution is -0.129. The molecular formula is C44H55F2N11O3S. The van der Waals surface area contributed by atoms with Gasteiger partial charge in [0.2, 0.25) is 11.8 Å². The number of carbonyl (C=O) groups excluding carboxylic acids is 3. The zero-order valence-corrected chi connectivity index (χ0v) is 36.1. The first-order valence-electron chi connectivity index (χ1n) is 21.0. The Hall–Kier alpha value is -5.68. The minimum Gasteiger partial charge on any atom is -0.393 e. The van der Waals surface area contributed by atoms with E-state index in [1.54, 1.807) is 44.6 Å². The molecule has 17 heteroatoms. The molecule has 0 bridgehead atoms. The van der Waals surface area contributed by atoms with Gasteiger partial charge in [0.1, 0.15) is 0 Å². The maximum atomic E-state index is 14.6. The molecule has 0 aliphatic carbocycles. The predicted molar refractivity (Wildman–Crippen MR) is 236 cm³/mol.